The molecule has 0 unspecified atom stereocenters. The van der Waals surface area contributed by atoms with Crippen LogP contribution >= 0.6 is 23.1 Å². The zero-order chi connectivity index (χ0) is 23.4. The Balaban J connectivity index is 1.28. The topological polar surface area (TPSA) is 140 Å². The number of methoxy groups -OCH3 is 1. The minimum Gasteiger partial charge on any atom is -0.497 e. The fourth-order valence-corrected chi connectivity index (χ4v) is 4.72. The second-order valence-corrected chi connectivity index (χ2v) is 9.33. The van der Waals surface area contributed by atoms with Crippen LogP contribution in [0.2, 0.25) is 0 Å². The number of carbonyl (C=O) groups excluding carboxylic acids is 3. The van der Waals surface area contributed by atoms with E-state index in [1.54, 1.807) is 49.3 Å². The summed E-state index contributed by atoms with van der Waals surface area (Å²) in [6.07, 6.45) is 0.102. The lowest BCUT2D eigenvalue weighted by molar-refractivity contribution is -0.122. The van der Waals surface area contributed by atoms with Gasteiger partial charge in [-0.1, -0.05) is 34.3 Å². The number of nitrogens with zero attached hydrogens (tertiary/aromatic N) is 4. The third kappa shape index (κ3) is 5.68. The number of rotatable bonds is 8. The summed E-state index contributed by atoms with van der Waals surface area (Å²) in [5.41, 5.74) is 0.684. The molecule has 1 aliphatic heterocycles. The predicted octanol–water partition coefficient (Wildman–Crippen LogP) is 2.57. The van der Waals surface area contributed by atoms with Crippen molar-refractivity contribution in [3.63, 3.8) is 0 Å². The van der Waals surface area contributed by atoms with Gasteiger partial charge >= 0.3 is 0 Å². The number of ether oxygens (including phenoxy) is 1. The van der Waals surface area contributed by atoms with Crippen molar-refractivity contribution in [2.75, 3.05) is 34.9 Å². The van der Waals surface area contributed by atoms with Crippen molar-refractivity contribution < 1.29 is 23.6 Å². The Labute approximate surface area is 196 Å². The summed E-state index contributed by atoms with van der Waals surface area (Å²) < 4.78 is 10.6. The summed E-state index contributed by atoms with van der Waals surface area (Å²) in [5, 5.41) is 17.3. The molecule has 0 spiro atoms. The van der Waals surface area contributed by atoms with Crippen molar-refractivity contribution in [2.24, 2.45) is 5.92 Å². The van der Waals surface area contributed by atoms with Gasteiger partial charge in [-0.2, -0.15) is 0 Å². The van der Waals surface area contributed by atoms with Gasteiger partial charge in [-0.3, -0.25) is 14.4 Å². The monoisotopic (exact) mass is 488 g/mol. The summed E-state index contributed by atoms with van der Waals surface area (Å²) >= 11 is 2.34. The van der Waals surface area contributed by atoms with Crippen LogP contribution in [0.15, 0.2) is 39.2 Å². The second kappa shape index (κ2) is 10.0. The van der Waals surface area contributed by atoms with E-state index in [2.05, 4.69) is 26.0 Å². The maximum absolute atomic E-state index is 12.7. The van der Waals surface area contributed by atoms with E-state index in [0.717, 1.165) is 11.3 Å². The minimum absolute atomic E-state index is 0.0983. The Morgan fingerprint density at radius 3 is 2.91 bits per heavy atom. The van der Waals surface area contributed by atoms with E-state index in [1.165, 1.54) is 11.8 Å². The van der Waals surface area contributed by atoms with Crippen LogP contribution in [0.1, 0.15) is 12.2 Å². The Bertz CT molecular complexity index is 1180. The van der Waals surface area contributed by atoms with E-state index in [9.17, 15) is 14.4 Å². The molecule has 1 atom stereocenters. The molecular weight excluding hydrogens is 468 g/mol. The van der Waals surface area contributed by atoms with Gasteiger partial charge < -0.3 is 24.8 Å². The summed E-state index contributed by atoms with van der Waals surface area (Å²) in [6, 6.07) is 8.76. The Morgan fingerprint density at radius 2 is 2.15 bits per heavy atom. The van der Waals surface area contributed by atoms with Gasteiger partial charge in [0.25, 0.3) is 0 Å². The standard InChI is InChI=1S/C20H20N6O5S2/c1-11-6-15(25-31-11)21-16(27)10-32-20-24-23-19(33-20)22-18(29)12-7-17(28)26(9-12)13-4-3-5-14(8-13)30-2/h3-6,8,12H,7,9-10H2,1-2H3,(H,21,25,27)(H,22,23,29)/t12-/m1/s1. The van der Waals surface area contributed by atoms with Crippen molar-refractivity contribution >= 4 is 57.5 Å². The number of anilines is 3. The number of hydrogen-bond donors (Lipinski definition) is 2. The van der Waals surface area contributed by atoms with Crippen LogP contribution in [0.25, 0.3) is 0 Å². The van der Waals surface area contributed by atoms with Gasteiger partial charge in [0, 0.05) is 30.8 Å². The van der Waals surface area contributed by atoms with Gasteiger partial charge in [0.05, 0.1) is 18.8 Å². The lowest BCUT2D eigenvalue weighted by atomic mass is 10.1. The lowest BCUT2D eigenvalue weighted by Crippen LogP contribution is -2.28. The molecule has 172 valence electrons. The van der Waals surface area contributed by atoms with Crippen LogP contribution in [0.4, 0.5) is 16.6 Å². The van der Waals surface area contributed by atoms with Crippen LogP contribution in [-0.4, -0.2) is 52.5 Å². The van der Waals surface area contributed by atoms with Crippen molar-refractivity contribution in [3.05, 3.63) is 36.1 Å². The molecule has 2 N–H and O–H groups in total. The molecule has 3 aromatic rings. The number of aromatic nitrogens is 3. The highest BCUT2D eigenvalue weighted by Gasteiger charge is 2.35. The maximum Gasteiger partial charge on any atom is 0.236 e. The summed E-state index contributed by atoms with van der Waals surface area (Å²) in [4.78, 5) is 38.7. The first kappa shape index (κ1) is 22.7. The number of carbonyl (C=O) groups is 3. The highest BCUT2D eigenvalue weighted by molar-refractivity contribution is 8.01. The van der Waals surface area contributed by atoms with Gasteiger partial charge in [0.1, 0.15) is 11.5 Å². The minimum atomic E-state index is -0.514. The SMILES string of the molecule is COc1cccc(N2C[C@H](C(=O)Nc3nnc(SCC(=O)Nc4cc(C)on4)s3)CC2=O)c1. The lowest BCUT2D eigenvalue weighted by Gasteiger charge is -2.17. The second-order valence-electron chi connectivity index (χ2n) is 7.13. The molecule has 1 saturated heterocycles. The van der Waals surface area contributed by atoms with E-state index >= 15 is 0 Å². The molecule has 11 nitrogen and oxygen atoms in total. The van der Waals surface area contributed by atoms with Gasteiger partial charge in [-0.15, -0.1) is 10.2 Å². The zero-order valence-corrected chi connectivity index (χ0v) is 19.4. The molecule has 1 fully saturated rings. The van der Waals surface area contributed by atoms with Crippen LogP contribution in [0, 0.1) is 12.8 Å². The average molecular weight is 489 g/mol. The Morgan fingerprint density at radius 1 is 1.30 bits per heavy atom. The van der Waals surface area contributed by atoms with Gasteiger partial charge in [0.2, 0.25) is 22.9 Å². The number of benzene rings is 1. The number of aryl methyl sites for hydroxylation is 1. The maximum atomic E-state index is 12.7. The van der Waals surface area contributed by atoms with Crippen molar-refractivity contribution in [2.45, 2.75) is 17.7 Å². The van der Waals surface area contributed by atoms with Crippen molar-refractivity contribution in [1.29, 1.82) is 0 Å². The first-order valence-corrected chi connectivity index (χ1v) is 11.7. The molecule has 0 saturated carbocycles. The highest BCUT2D eigenvalue weighted by Crippen LogP contribution is 2.30. The van der Waals surface area contributed by atoms with E-state index in [-0.39, 0.29) is 36.4 Å². The highest BCUT2D eigenvalue weighted by atomic mass is 32.2. The molecule has 4 rings (SSSR count). The molecule has 1 aliphatic rings. The fourth-order valence-electron chi connectivity index (χ4n) is 3.17. The van der Waals surface area contributed by atoms with Crippen molar-refractivity contribution in [3.8, 4) is 5.75 Å². The summed E-state index contributed by atoms with van der Waals surface area (Å²) in [7, 11) is 1.56. The van der Waals surface area contributed by atoms with Crippen LogP contribution in [-0.2, 0) is 14.4 Å². The van der Waals surface area contributed by atoms with Crippen LogP contribution < -0.4 is 20.3 Å². The molecule has 2 aromatic heterocycles. The van der Waals surface area contributed by atoms with Crippen LogP contribution in [0.3, 0.4) is 0 Å². The van der Waals surface area contributed by atoms with E-state index in [4.69, 9.17) is 9.26 Å². The van der Waals surface area contributed by atoms with E-state index in [0.29, 0.717) is 32.5 Å². The molecule has 0 aliphatic carbocycles. The third-order valence-corrected chi connectivity index (χ3v) is 6.69. The van der Waals surface area contributed by atoms with Gasteiger partial charge in [-0.05, 0) is 19.1 Å². The van der Waals surface area contributed by atoms with E-state index < -0.39 is 5.92 Å². The number of amides is 3. The number of nitrogens with one attached hydrogen (secondary N) is 2. The van der Waals surface area contributed by atoms with Gasteiger partial charge in [0.15, 0.2) is 10.2 Å². The first-order valence-electron chi connectivity index (χ1n) is 9.86. The first-order chi connectivity index (χ1) is 15.9. The molecule has 0 radical (unpaired) electrons. The number of thioether (sulfide) groups is 1. The van der Waals surface area contributed by atoms with Crippen molar-refractivity contribution in [1.82, 2.24) is 15.4 Å². The largest absolute Gasteiger partial charge is 0.497 e. The smallest absolute Gasteiger partial charge is 0.236 e. The molecular formula is C20H20N6O5S2. The molecule has 3 heterocycles. The molecule has 3 amide bonds. The van der Waals surface area contributed by atoms with E-state index in [1.807, 2.05) is 0 Å². The summed E-state index contributed by atoms with van der Waals surface area (Å²) in [6.45, 7) is 1.99. The van der Waals surface area contributed by atoms with Crippen LogP contribution in [0.5, 0.6) is 5.75 Å². The Hall–Kier alpha value is -3.45. The molecule has 13 heteroatoms. The number of hydrogen-bond acceptors (Lipinski definition) is 10. The molecule has 33 heavy (non-hydrogen) atoms. The molecule has 1 aromatic carbocycles. The van der Waals surface area contributed by atoms with Gasteiger partial charge in [-0.25, -0.2) is 0 Å². The third-order valence-electron chi connectivity index (χ3n) is 4.72. The Kier molecular flexibility index (Phi) is 6.89. The normalized spacial score (nSPS) is 15.5. The summed E-state index contributed by atoms with van der Waals surface area (Å²) in [5.74, 6) is 0.455. The fraction of sp³-hybridized carbons (Fsp3) is 0.300. The quantitative estimate of drug-likeness (QED) is 0.362. The predicted molar refractivity (Wildman–Crippen MR) is 123 cm³/mol. The zero-order valence-electron chi connectivity index (χ0n) is 17.7. The molecule has 0 bridgehead atoms. The average Bonchev–Trinajstić information content (AvgIpc) is 3.52.